The molecule has 2 rings (SSSR count). The van der Waals surface area contributed by atoms with Crippen molar-refractivity contribution in [3.05, 3.63) is 24.3 Å². The number of rotatable bonds is 6. The van der Waals surface area contributed by atoms with Crippen molar-refractivity contribution in [2.45, 2.75) is 26.4 Å². The van der Waals surface area contributed by atoms with Crippen LogP contribution in [-0.4, -0.2) is 48.3 Å². The molecule has 1 fully saturated rings. The molecule has 2 N–H and O–H groups in total. The van der Waals surface area contributed by atoms with Crippen LogP contribution in [0, 0.1) is 5.92 Å². The number of hydrogen-bond acceptors (Lipinski definition) is 4. The minimum Gasteiger partial charge on any atom is -0.494 e. The van der Waals surface area contributed by atoms with Gasteiger partial charge in [-0.2, -0.15) is 0 Å². The number of amides is 1. The highest BCUT2D eigenvalue weighted by atomic mass is 16.5. The lowest BCUT2D eigenvalue weighted by atomic mass is 10.0. The molecule has 1 aromatic carbocycles. The molecule has 1 aromatic rings. The molecule has 2 unspecified atom stereocenters. The number of hydrogen-bond donors (Lipinski definition) is 2. The molecule has 5 heteroatoms. The molecule has 1 aliphatic rings. The average molecular weight is 292 g/mol. The SMILES string of the molecule is CCOc1ccc(NC(=O)CN2CCC(C(C)O)C2)cc1. The minimum absolute atomic E-state index is 0.0228. The van der Waals surface area contributed by atoms with Crippen molar-refractivity contribution in [3.8, 4) is 5.75 Å². The van der Waals surface area contributed by atoms with Crippen molar-refractivity contribution in [2.24, 2.45) is 5.92 Å². The Bertz CT molecular complexity index is 459. The number of likely N-dealkylation sites (tertiary alicyclic amines) is 1. The van der Waals surface area contributed by atoms with Gasteiger partial charge in [0, 0.05) is 12.2 Å². The number of benzene rings is 1. The first-order chi connectivity index (χ1) is 10.1. The van der Waals surface area contributed by atoms with E-state index in [2.05, 4.69) is 10.2 Å². The predicted molar refractivity (Wildman–Crippen MR) is 82.5 cm³/mol. The first kappa shape index (κ1) is 15.8. The quantitative estimate of drug-likeness (QED) is 0.838. The van der Waals surface area contributed by atoms with E-state index in [1.165, 1.54) is 0 Å². The molecular formula is C16H24N2O3. The molecule has 0 radical (unpaired) electrons. The number of ether oxygens (including phenoxy) is 1. The van der Waals surface area contributed by atoms with Gasteiger partial charge >= 0.3 is 0 Å². The lowest BCUT2D eigenvalue weighted by Crippen LogP contribution is -2.32. The van der Waals surface area contributed by atoms with E-state index in [4.69, 9.17) is 4.74 Å². The second-order valence-electron chi connectivity index (χ2n) is 5.53. The highest BCUT2D eigenvalue weighted by Gasteiger charge is 2.26. The van der Waals surface area contributed by atoms with Crippen molar-refractivity contribution < 1.29 is 14.6 Å². The van der Waals surface area contributed by atoms with Crippen LogP contribution in [0.25, 0.3) is 0 Å². The molecular weight excluding hydrogens is 268 g/mol. The standard InChI is InChI=1S/C16H24N2O3/c1-3-21-15-6-4-14(5-7-15)17-16(20)11-18-9-8-13(10-18)12(2)19/h4-7,12-13,19H,3,8-11H2,1-2H3,(H,17,20). The molecule has 116 valence electrons. The molecule has 0 bridgehead atoms. The van der Waals surface area contributed by atoms with E-state index in [0.717, 1.165) is 30.9 Å². The summed E-state index contributed by atoms with van der Waals surface area (Å²) >= 11 is 0. The summed E-state index contributed by atoms with van der Waals surface area (Å²) < 4.78 is 5.36. The Balaban J connectivity index is 1.79. The third-order valence-electron chi connectivity index (χ3n) is 3.81. The molecule has 1 amide bonds. The number of carbonyl (C=O) groups excluding carboxylic acids is 1. The predicted octanol–water partition coefficient (Wildman–Crippen LogP) is 1.73. The van der Waals surface area contributed by atoms with Crippen molar-refractivity contribution in [2.75, 3.05) is 31.6 Å². The Kier molecular flexibility index (Phi) is 5.59. The molecule has 0 saturated carbocycles. The van der Waals surface area contributed by atoms with E-state index in [9.17, 15) is 9.90 Å². The van der Waals surface area contributed by atoms with Gasteiger partial charge in [0.25, 0.3) is 0 Å². The number of nitrogens with zero attached hydrogens (tertiary/aromatic N) is 1. The minimum atomic E-state index is -0.302. The Morgan fingerprint density at radius 3 is 2.76 bits per heavy atom. The summed E-state index contributed by atoms with van der Waals surface area (Å²) in [4.78, 5) is 14.1. The van der Waals surface area contributed by atoms with Crippen LogP contribution in [0.5, 0.6) is 5.75 Å². The third kappa shape index (κ3) is 4.72. The van der Waals surface area contributed by atoms with Crippen LogP contribution in [0.2, 0.25) is 0 Å². The first-order valence-electron chi connectivity index (χ1n) is 7.51. The number of anilines is 1. The zero-order valence-electron chi connectivity index (χ0n) is 12.7. The Labute approximate surface area is 125 Å². The maximum Gasteiger partial charge on any atom is 0.238 e. The number of aliphatic hydroxyl groups is 1. The van der Waals surface area contributed by atoms with Gasteiger partial charge in [-0.1, -0.05) is 0 Å². The smallest absolute Gasteiger partial charge is 0.238 e. The van der Waals surface area contributed by atoms with E-state index < -0.39 is 0 Å². The van der Waals surface area contributed by atoms with Gasteiger partial charge in [0.05, 0.1) is 19.3 Å². The fourth-order valence-corrected chi connectivity index (χ4v) is 2.60. The zero-order valence-corrected chi connectivity index (χ0v) is 12.7. The van der Waals surface area contributed by atoms with E-state index in [-0.39, 0.29) is 17.9 Å². The van der Waals surface area contributed by atoms with Gasteiger partial charge in [0.15, 0.2) is 0 Å². The Morgan fingerprint density at radius 2 is 2.19 bits per heavy atom. The number of aliphatic hydroxyl groups excluding tert-OH is 1. The van der Waals surface area contributed by atoms with Gasteiger partial charge < -0.3 is 15.2 Å². The second-order valence-corrected chi connectivity index (χ2v) is 5.53. The van der Waals surface area contributed by atoms with Crippen LogP contribution in [0.4, 0.5) is 5.69 Å². The summed E-state index contributed by atoms with van der Waals surface area (Å²) in [6.45, 7) is 6.41. The molecule has 1 heterocycles. The van der Waals surface area contributed by atoms with Gasteiger partial charge in [0.1, 0.15) is 5.75 Å². The summed E-state index contributed by atoms with van der Waals surface area (Å²) in [6, 6.07) is 7.37. The number of carbonyl (C=O) groups is 1. The van der Waals surface area contributed by atoms with Crippen molar-refractivity contribution >= 4 is 11.6 Å². The van der Waals surface area contributed by atoms with Crippen molar-refractivity contribution in [1.82, 2.24) is 4.90 Å². The van der Waals surface area contributed by atoms with Crippen LogP contribution in [-0.2, 0) is 4.79 Å². The highest BCUT2D eigenvalue weighted by Crippen LogP contribution is 2.20. The second kappa shape index (κ2) is 7.43. The van der Waals surface area contributed by atoms with Gasteiger partial charge in [-0.3, -0.25) is 9.69 Å². The van der Waals surface area contributed by atoms with Gasteiger partial charge in [-0.15, -0.1) is 0 Å². The fourth-order valence-electron chi connectivity index (χ4n) is 2.60. The summed E-state index contributed by atoms with van der Waals surface area (Å²) in [6.07, 6.45) is 0.651. The van der Waals surface area contributed by atoms with Crippen LogP contribution >= 0.6 is 0 Å². The maximum absolute atomic E-state index is 12.0. The molecule has 1 saturated heterocycles. The van der Waals surface area contributed by atoms with Crippen LogP contribution in [0.3, 0.4) is 0 Å². The summed E-state index contributed by atoms with van der Waals surface area (Å²) in [7, 11) is 0. The third-order valence-corrected chi connectivity index (χ3v) is 3.81. The largest absolute Gasteiger partial charge is 0.494 e. The first-order valence-corrected chi connectivity index (χ1v) is 7.51. The molecule has 5 nitrogen and oxygen atoms in total. The Hall–Kier alpha value is -1.59. The van der Waals surface area contributed by atoms with Crippen LogP contribution in [0.1, 0.15) is 20.3 Å². The topological polar surface area (TPSA) is 61.8 Å². The molecule has 0 aliphatic carbocycles. The van der Waals surface area contributed by atoms with E-state index >= 15 is 0 Å². The summed E-state index contributed by atoms with van der Waals surface area (Å²) in [5.41, 5.74) is 0.773. The monoisotopic (exact) mass is 292 g/mol. The summed E-state index contributed by atoms with van der Waals surface area (Å²) in [5, 5.41) is 12.5. The molecule has 0 aromatic heterocycles. The maximum atomic E-state index is 12.0. The molecule has 1 aliphatic heterocycles. The van der Waals surface area contributed by atoms with Gasteiger partial charge in [0.2, 0.25) is 5.91 Å². The van der Waals surface area contributed by atoms with Gasteiger partial charge in [-0.05, 0) is 57.0 Å². The molecule has 2 atom stereocenters. The normalized spacial score (nSPS) is 20.2. The zero-order chi connectivity index (χ0) is 15.2. The molecule has 0 spiro atoms. The fraction of sp³-hybridized carbons (Fsp3) is 0.562. The van der Waals surface area contributed by atoms with Crippen molar-refractivity contribution in [1.29, 1.82) is 0 Å². The Morgan fingerprint density at radius 1 is 1.48 bits per heavy atom. The molecule has 21 heavy (non-hydrogen) atoms. The van der Waals surface area contributed by atoms with Crippen LogP contribution in [0.15, 0.2) is 24.3 Å². The lowest BCUT2D eigenvalue weighted by molar-refractivity contribution is -0.117. The van der Waals surface area contributed by atoms with E-state index in [1.807, 2.05) is 38.1 Å². The van der Waals surface area contributed by atoms with E-state index in [1.54, 1.807) is 0 Å². The average Bonchev–Trinajstić information content (AvgIpc) is 2.90. The van der Waals surface area contributed by atoms with Crippen LogP contribution < -0.4 is 10.1 Å². The summed E-state index contributed by atoms with van der Waals surface area (Å²) in [5.74, 6) is 1.06. The lowest BCUT2D eigenvalue weighted by Gasteiger charge is -2.17. The van der Waals surface area contributed by atoms with E-state index in [0.29, 0.717) is 13.2 Å². The van der Waals surface area contributed by atoms with Gasteiger partial charge in [-0.25, -0.2) is 0 Å². The van der Waals surface area contributed by atoms with Crippen molar-refractivity contribution in [3.63, 3.8) is 0 Å². The highest BCUT2D eigenvalue weighted by molar-refractivity contribution is 5.92. The number of nitrogens with one attached hydrogen (secondary N) is 1.